The van der Waals surface area contributed by atoms with Crippen molar-refractivity contribution >= 4 is 0 Å². The van der Waals surface area contributed by atoms with Crippen LogP contribution in [0.2, 0.25) is 0 Å². The summed E-state index contributed by atoms with van der Waals surface area (Å²) in [5.74, 6) is 1.90. The van der Waals surface area contributed by atoms with Crippen molar-refractivity contribution in [1.29, 1.82) is 0 Å². The number of phenols is 1. The minimum absolute atomic E-state index is 0.210. The Bertz CT molecular complexity index is 594. The second-order valence-electron chi connectivity index (χ2n) is 6.45. The van der Waals surface area contributed by atoms with Gasteiger partial charge in [0.15, 0.2) is 5.82 Å². The molecule has 1 heterocycles. The number of rotatable bonds is 2. The Morgan fingerprint density at radius 3 is 2.70 bits per heavy atom. The summed E-state index contributed by atoms with van der Waals surface area (Å²) in [4.78, 5) is 4.50. The highest BCUT2D eigenvalue weighted by Gasteiger charge is 2.30. The van der Waals surface area contributed by atoms with Crippen LogP contribution >= 0.6 is 0 Å². The van der Waals surface area contributed by atoms with Crippen LogP contribution < -0.4 is 0 Å². The predicted molar refractivity (Wildman–Crippen MR) is 76.4 cm³/mol. The zero-order valence-electron chi connectivity index (χ0n) is 12.0. The van der Waals surface area contributed by atoms with Crippen LogP contribution in [0.15, 0.2) is 28.8 Å². The quantitative estimate of drug-likeness (QED) is 0.893. The molecule has 1 aromatic heterocycles. The number of aromatic nitrogens is 2. The Hall–Kier alpha value is -1.84. The van der Waals surface area contributed by atoms with Gasteiger partial charge in [0.2, 0.25) is 0 Å². The van der Waals surface area contributed by atoms with Gasteiger partial charge in [0.1, 0.15) is 5.75 Å². The maximum absolute atomic E-state index is 9.50. The SMILES string of the molecule is CC1(C)CCC(c2noc(-c3cccc(O)c3)n2)CC1. The second kappa shape index (κ2) is 4.93. The van der Waals surface area contributed by atoms with Crippen LogP contribution in [0.25, 0.3) is 11.5 Å². The summed E-state index contributed by atoms with van der Waals surface area (Å²) in [7, 11) is 0. The molecule has 2 aromatic rings. The Labute approximate surface area is 118 Å². The van der Waals surface area contributed by atoms with E-state index in [4.69, 9.17) is 4.52 Å². The van der Waals surface area contributed by atoms with Crippen LogP contribution in [0.4, 0.5) is 0 Å². The Morgan fingerprint density at radius 1 is 1.25 bits per heavy atom. The molecule has 0 atom stereocenters. The van der Waals surface area contributed by atoms with Gasteiger partial charge >= 0.3 is 0 Å². The van der Waals surface area contributed by atoms with Crippen LogP contribution in [-0.2, 0) is 0 Å². The first-order valence-corrected chi connectivity index (χ1v) is 7.16. The van der Waals surface area contributed by atoms with Crippen LogP contribution in [0.1, 0.15) is 51.3 Å². The van der Waals surface area contributed by atoms with Crippen molar-refractivity contribution in [2.45, 2.75) is 45.4 Å². The summed E-state index contributed by atoms with van der Waals surface area (Å²) in [5, 5.41) is 13.6. The summed E-state index contributed by atoms with van der Waals surface area (Å²) in [5.41, 5.74) is 1.20. The zero-order chi connectivity index (χ0) is 14.2. The molecule has 0 bridgehead atoms. The summed E-state index contributed by atoms with van der Waals surface area (Å²) in [6.45, 7) is 4.63. The van der Waals surface area contributed by atoms with Gasteiger partial charge in [-0.2, -0.15) is 4.98 Å². The Balaban J connectivity index is 1.78. The van der Waals surface area contributed by atoms with Crippen LogP contribution in [0.3, 0.4) is 0 Å². The standard InChI is InChI=1S/C16H20N2O2/c1-16(2)8-6-11(7-9-16)14-17-15(20-18-14)12-4-3-5-13(19)10-12/h3-5,10-11,19H,6-9H2,1-2H3. The molecule has 3 rings (SSSR count). The van der Waals surface area contributed by atoms with E-state index in [0.717, 1.165) is 24.2 Å². The maximum Gasteiger partial charge on any atom is 0.258 e. The van der Waals surface area contributed by atoms with Gasteiger partial charge in [-0.1, -0.05) is 25.1 Å². The molecule has 0 saturated heterocycles. The smallest absolute Gasteiger partial charge is 0.258 e. The van der Waals surface area contributed by atoms with Crippen molar-refractivity contribution in [2.75, 3.05) is 0 Å². The van der Waals surface area contributed by atoms with Gasteiger partial charge in [0.25, 0.3) is 5.89 Å². The first-order chi connectivity index (χ1) is 9.53. The molecule has 20 heavy (non-hydrogen) atoms. The molecule has 0 amide bonds. The van der Waals surface area contributed by atoms with Crippen LogP contribution in [-0.4, -0.2) is 15.2 Å². The molecule has 4 nitrogen and oxygen atoms in total. The highest BCUT2D eigenvalue weighted by Crippen LogP contribution is 2.41. The lowest BCUT2D eigenvalue weighted by molar-refractivity contribution is 0.218. The van der Waals surface area contributed by atoms with Gasteiger partial charge in [-0.05, 0) is 49.3 Å². The topological polar surface area (TPSA) is 59.2 Å². The number of phenolic OH excluding ortho intramolecular Hbond substituents is 1. The summed E-state index contributed by atoms with van der Waals surface area (Å²) in [6.07, 6.45) is 4.64. The Kier molecular flexibility index (Phi) is 3.24. The molecule has 0 spiro atoms. The lowest BCUT2D eigenvalue weighted by Crippen LogP contribution is -2.20. The first-order valence-electron chi connectivity index (χ1n) is 7.16. The van der Waals surface area contributed by atoms with E-state index in [2.05, 4.69) is 24.0 Å². The monoisotopic (exact) mass is 272 g/mol. The molecule has 0 unspecified atom stereocenters. The lowest BCUT2D eigenvalue weighted by atomic mass is 9.73. The largest absolute Gasteiger partial charge is 0.508 e. The van der Waals surface area contributed by atoms with Gasteiger partial charge in [-0.25, -0.2) is 0 Å². The number of hydrogen-bond donors (Lipinski definition) is 1. The molecule has 4 heteroatoms. The Morgan fingerprint density at radius 2 is 2.00 bits per heavy atom. The van der Waals surface area contributed by atoms with E-state index in [1.807, 2.05) is 6.07 Å². The fourth-order valence-electron chi connectivity index (χ4n) is 2.81. The van der Waals surface area contributed by atoms with Gasteiger partial charge < -0.3 is 9.63 Å². The molecule has 1 N–H and O–H groups in total. The third-order valence-corrected chi connectivity index (χ3v) is 4.24. The lowest BCUT2D eigenvalue weighted by Gasteiger charge is -2.32. The highest BCUT2D eigenvalue weighted by atomic mass is 16.5. The number of benzene rings is 1. The second-order valence-corrected chi connectivity index (χ2v) is 6.45. The van der Waals surface area contributed by atoms with Gasteiger partial charge in [0.05, 0.1) is 0 Å². The van der Waals surface area contributed by atoms with E-state index in [9.17, 15) is 5.11 Å². The van der Waals surface area contributed by atoms with Crippen molar-refractivity contribution in [3.63, 3.8) is 0 Å². The van der Waals surface area contributed by atoms with Crippen molar-refractivity contribution in [3.05, 3.63) is 30.1 Å². The molecule has 1 aliphatic carbocycles. The van der Waals surface area contributed by atoms with E-state index < -0.39 is 0 Å². The van der Waals surface area contributed by atoms with E-state index in [0.29, 0.717) is 17.2 Å². The fourth-order valence-corrected chi connectivity index (χ4v) is 2.81. The normalized spacial score (nSPS) is 19.1. The molecule has 1 saturated carbocycles. The number of nitrogens with zero attached hydrogens (tertiary/aromatic N) is 2. The van der Waals surface area contributed by atoms with Crippen molar-refractivity contribution in [1.82, 2.24) is 10.1 Å². The third kappa shape index (κ3) is 2.69. The fraction of sp³-hybridized carbons (Fsp3) is 0.500. The predicted octanol–water partition coefficient (Wildman–Crippen LogP) is 4.13. The minimum Gasteiger partial charge on any atom is -0.508 e. The number of aromatic hydroxyl groups is 1. The van der Waals surface area contributed by atoms with Crippen LogP contribution in [0.5, 0.6) is 5.75 Å². The van der Waals surface area contributed by atoms with Gasteiger partial charge in [0, 0.05) is 11.5 Å². The summed E-state index contributed by atoms with van der Waals surface area (Å²) >= 11 is 0. The van der Waals surface area contributed by atoms with Crippen LogP contribution in [0, 0.1) is 5.41 Å². The molecular formula is C16H20N2O2. The summed E-state index contributed by atoms with van der Waals surface area (Å²) < 4.78 is 5.34. The molecule has 1 fully saturated rings. The minimum atomic E-state index is 0.210. The molecule has 106 valence electrons. The van der Waals surface area contributed by atoms with Gasteiger partial charge in [-0.15, -0.1) is 0 Å². The highest BCUT2D eigenvalue weighted by molar-refractivity contribution is 5.55. The van der Waals surface area contributed by atoms with E-state index in [1.54, 1.807) is 18.2 Å². The van der Waals surface area contributed by atoms with E-state index in [-0.39, 0.29) is 5.75 Å². The van der Waals surface area contributed by atoms with E-state index in [1.165, 1.54) is 12.8 Å². The number of hydrogen-bond acceptors (Lipinski definition) is 4. The zero-order valence-corrected chi connectivity index (χ0v) is 12.0. The first kappa shape index (κ1) is 13.2. The average molecular weight is 272 g/mol. The molecule has 1 aromatic carbocycles. The van der Waals surface area contributed by atoms with Crippen molar-refractivity contribution < 1.29 is 9.63 Å². The third-order valence-electron chi connectivity index (χ3n) is 4.24. The van der Waals surface area contributed by atoms with Crippen molar-refractivity contribution in [2.24, 2.45) is 5.41 Å². The van der Waals surface area contributed by atoms with Gasteiger partial charge in [-0.3, -0.25) is 0 Å². The summed E-state index contributed by atoms with van der Waals surface area (Å²) in [6, 6.07) is 6.91. The molecule has 0 radical (unpaired) electrons. The van der Waals surface area contributed by atoms with E-state index >= 15 is 0 Å². The maximum atomic E-state index is 9.50. The van der Waals surface area contributed by atoms with Crippen molar-refractivity contribution in [3.8, 4) is 17.2 Å². The molecule has 1 aliphatic rings. The molecule has 0 aliphatic heterocycles. The molecular weight excluding hydrogens is 252 g/mol. The average Bonchev–Trinajstić information content (AvgIpc) is 2.88.